The van der Waals surface area contributed by atoms with Crippen LogP contribution in [-0.4, -0.2) is 41.8 Å². The van der Waals surface area contributed by atoms with E-state index in [-0.39, 0.29) is 11.8 Å². The molecule has 0 unspecified atom stereocenters. The van der Waals surface area contributed by atoms with Crippen LogP contribution in [-0.2, 0) is 11.3 Å². The van der Waals surface area contributed by atoms with E-state index < -0.39 is 0 Å². The topological polar surface area (TPSA) is 85.2 Å². The molecule has 0 fully saturated rings. The van der Waals surface area contributed by atoms with Crippen LogP contribution in [0.4, 0.5) is 0 Å². The third-order valence-corrected chi connectivity index (χ3v) is 4.34. The summed E-state index contributed by atoms with van der Waals surface area (Å²) in [6, 6.07) is 17.4. The number of nitrogens with zero attached hydrogens (tertiary/aromatic N) is 2. The molecule has 150 valence electrons. The molecule has 0 aliphatic heterocycles. The summed E-state index contributed by atoms with van der Waals surface area (Å²) in [5.74, 6) is 0.255. The van der Waals surface area contributed by atoms with E-state index in [4.69, 9.17) is 4.74 Å². The summed E-state index contributed by atoms with van der Waals surface area (Å²) in [5, 5.41) is 10.2. The zero-order valence-corrected chi connectivity index (χ0v) is 16.5. The summed E-state index contributed by atoms with van der Waals surface area (Å²) < 4.78 is 7.21. The van der Waals surface area contributed by atoms with Crippen molar-refractivity contribution in [3.63, 3.8) is 0 Å². The molecule has 1 aromatic heterocycles. The third-order valence-electron chi connectivity index (χ3n) is 4.34. The average Bonchev–Trinajstić information content (AvgIpc) is 3.15. The summed E-state index contributed by atoms with van der Waals surface area (Å²) in [7, 11) is 1.59. The smallest absolute Gasteiger partial charge is 0.255 e. The van der Waals surface area contributed by atoms with Crippen LogP contribution in [0.15, 0.2) is 60.8 Å². The van der Waals surface area contributed by atoms with E-state index >= 15 is 0 Å². The summed E-state index contributed by atoms with van der Waals surface area (Å²) in [5.41, 5.74) is 2.83. The minimum absolute atomic E-state index is 0.135. The molecule has 3 aromatic rings. The maximum atomic E-state index is 12.8. The molecule has 29 heavy (non-hydrogen) atoms. The average molecular weight is 392 g/mol. The van der Waals surface area contributed by atoms with Crippen molar-refractivity contribution in [3.05, 3.63) is 71.9 Å². The molecule has 0 bridgehead atoms. The molecular weight excluding hydrogens is 368 g/mol. The highest BCUT2D eigenvalue weighted by Crippen LogP contribution is 2.31. The van der Waals surface area contributed by atoms with Gasteiger partial charge in [0.2, 0.25) is 5.91 Å². The van der Waals surface area contributed by atoms with Gasteiger partial charge in [-0.05, 0) is 17.7 Å². The Hall–Kier alpha value is -3.61. The molecular formula is C22H24N4O3. The van der Waals surface area contributed by atoms with Gasteiger partial charge in [-0.2, -0.15) is 5.10 Å². The fraction of sp³-hybridized carbons (Fsp3) is 0.227. The molecule has 0 spiro atoms. The first kappa shape index (κ1) is 20.1. The standard InChI is InChI=1S/C22H24N4O3/c1-16(27)23-12-13-24-22(28)19-15-26(14-17-8-4-3-5-9-17)25-21(19)18-10-6-7-11-20(18)29-2/h3-11,15H,12-14H2,1-2H3,(H,23,27)(H,24,28). The fourth-order valence-electron chi connectivity index (χ4n) is 2.99. The molecule has 2 amide bonds. The first-order valence-electron chi connectivity index (χ1n) is 9.36. The second-order valence-electron chi connectivity index (χ2n) is 6.51. The number of aromatic nitrogens is 2. The van der Waals surface area contributed by atoms with Crippen molar-refractivity contribution in [3.8, 4) is 17.0 Å². The molecule has 7 nitrogen and oxygen atoms in total. The zero-order chi connectivity index (χ0) is 20.6. The third kappa shape index (κ3) is 5.22. The minimum Gasteiger partial charge on any atom is -0.496 e. The Morgan fingerprint density at radius 1 is 1.00 bits per heavy atom. The normalized spacial score (nSPS) is 10.4. The molecule has 2 aromatic carbocycles. The van der Waals surface area contributed by atoms with E-state index in [1.807, 2.05) is 54.6 Å². The second-order valence-corrected chi connectivity index (χ2v) is 6.51. The highest BCUT2D eigenvalue weighted by molar-refractivity contribution is 6.00. The van der Waals surface area contributed by atoms with E-state index in [0.29, 0.717) is 36.6 Å². The Kier molecular flexibility index (Phi) is 6.63. The van der Waals surface area contributed by atoms with Crippen LogP contribution in [0.5, 0.6) is 5.75 Å². The number of para-hydroxylation sites is 1. The first-order chi connectivity index (χ1) is 14.1. The van der Waals surface area contributed by atoms with Crippen LogP contribution >= 0.6 is 0 Å². The van der Waals surface area contributed by atoms with Gasteiger partial charge >= 0.3 is 0 Å². The number of rotatable bonds is 8. The predicted octanol–water partition coefficient (Wildman–Crippen LogP) is 2.47. The van der Waals surface area contributed by atoms with Crippen LogP contribution in [0.3, 0.4) is 0 Å². The lowest BCUT2D eigenvalue weighted by molar-refractivity contribution is -0.118. The van der Waals surface area contributed by atoms with Gasteiger partial charge in [0.1, 0.15) is 11.4 Å². The molecule has 0 saturated heterocycles. The van der Waals surface area contributed by atoms with Crippen molar-refractivity contribution in [1.29, 1.82) is 0 Å². The number of ether oxygens (including phenoxy) is 1. The Morgan fingerprint density at radius 3 is 2.41 bits per heavy atom. The number of amides is 2. The predicted molar refractivity (Wildman–Crippen MR) is 111 cm³/mol. The number of nitrogens with one attached hydrogen (secondary N) is 2. The number of carbonyl (C=O) groups excluding carboxylic acids is 2. The number of benzene rings is 2. The van der Waals surface area contributed by atoms with Crippen molar-refractivity contribution >= 4 is 11.8 Å². The number of hydrogen-bond acceptors (Lipinski definition) is 4. The highest BCUT2D eigenvalue weighted by atomic mass is 16.5. The molecule has 0 atom stereocenters. The second kappa shape index (κ2) is 9.54. The van der Waals surface area contributed by atoms with Gasteiger partial charge in [0, 0.05) is 31.8 Å². The SMILES string of the molecule is COc1ccccc1-c1nn(Cc2ccccc2)cc1C(=O)NCCNC(C)=O. The zero-order valence-electron chi connectivity index (χ0n) is 16.5. The van der Waals surface area contributed by atoms with Gasteiger partial charge in [0.05, 0.1) is 19.2 Å². The summed E-state index contributed by atoms with van der Waals surface area (Å²) >= 11 is 0. The van der Waals surface area contributed by atoms with Crippen molar-refractivity contribution < 1.29 is 14.3 Å². The monoisotopic (exact) mass is 392 g/mol. The maximum absolute atomic E-state index is 12.8. The number of methoxy groups -OCH3 is 1. The molecule has 0 saturated carbocycles. The van der Waals surface area contributed by atoms with Crippen LogP contribution < -0.4 is 15.4 Å². The minimum atomic E-state index is -0.254. The summed E-state index contributed by atoms with van der Waals surface area (Å²) in [4.78, 5) is 23.8. The van der Waals surface area contributed by atoms with Crippen LogP contribution in [0.1, 0.15) is 22.8 Å². The lowest BCUT2D eigenvalue weighted by Gasteiger charge is -2.08. The summed E-state index contributed by atoms with van der Waals surface area (Å²) in [6.45, 7) is 2.67. The molecule has 0 aliphatic rings. The lowest BCUT2D eigenvalue weighted by Crippen LogP contribution is -2.33. The van der Waals surface area contributed by atoms with Crippen molar-refractivity contribution in [2.75, 3.05) is 20.2 Å². The van der Waals surface area contributed by atoms with Gasteiger partial charge in [-0.3, -0.25) is 14.3 Å². The molecule has 7 heteroatoms. The number of carbonyl (C=O) groups is 2. The van der Waals surface area contributed by atoms with Gasteiger partial charge in [0.25, 0.3) is 5.91 Å². The van der Waals surface area contributed by atoms with E-state index in [0.717, 1.165) is 11.1 Å². The molecule has 0 radical (unpaired) electrons. The molecule has 1 heterocycles. The molecule has 3 rings (SSSR count). The Labute approximate surface area is 169 Å². The number of hydrogen-bond donors (Lipinski definition) is 2. The van der Waals surface area contributed by atoms with Crippen molar-refractivity contribution in [1.82, 2.24) is 20.4 Å². The van der Waals surface area contributed by atoms with Crippen molar-refractivity contribution in [2.45, 2.75) is 13.5 Å². The largest absolute Gasteiger partial charge is 0.496 e. The van der Waals surface area contributed by atoms with Gasteiger partial charge in [0.15, 0.2) is 0 Å². The van der Waals surface area contributed by atoms with Gasteiger partial charge in [-0.1, -0.05) is 42.5 Å². The molecule has 2 N–H and O–H groups in total. The van der Waals surface area contributed by atoms with E-state index in [1.54, 1.807) is 18.0 Å². The Morgan fingerprint density at radius 2 is 1.69 bits per heavy atom. The Bertz CT molecular complexity index is 983. The van der Waals surface area contributed by atoms with E-state index in [2.05, 4.69) is 15.7 Å². The highest BCUT2D eigenvalue weighted by Gasteiger charge is 2.20. The van der Waals surface area contributed by atoms with E-state index in [1.165, 1.54) is 6.92 Å². The summed E-state index contributed by atoms with van der Waals surface area (Å²) in [6.07, 6.45) is 1.74. The first-order valence-corrected chi connectivity index (χ1v) is 9.36. The van der Waals surface area contributed by atoms with E-state index in [9.17, 15) is 9.59 Å². The van der Waals surface area contributed by atoms with Gasteiger partial charge < -0.3 is 15.4 Å². The fourth-order valence-corrected chi connectivity index (χ4v) is 2.99. The van der Waals surface area contributed by atoms with Gasteiger partial charge in [-0.25, -0.2) is 0 Å². The maximum Gasteiger partial charge on any atom is 0.255 e. The van der Waals surface area contributed by atoms with Crippen molar-refractivity contribution in [2.24, 2.45) is 0 Å². The van der Waals surface area contributed by atoms with Crippen LogP contribution in [0.2, 0.25) is 0 Å². The molecule has 0 aliphatic carbocycles. The van der Waals surface area contributed by atoms with Crippen LogP contribution in [0.25, 0.3) is 11.3 Å². The van der Waals surface area contributed by atoms with Gasteiger partial charge in [-0.15, -0.1) is 0 Å². The quantitative estimate of drug-likeness (QED) is 0.577. The lowest BCUT2D eigenvalue weighted by atomic mass is 10.1. The Balaban J connectivity index is 1.90. The van der Waals surface area contributed by atoms with Crippen LogP contribution in [0, 0.1) is 0 Å².